The Labute approximate surface area is 137 Å². The Kier molecular flexibility index (Phi) is 8.53. The Morgan fingerprint density at radius 1 is 1.22 bits per heavy atom. The molecule has 0 bridgehead atoms. The Hall–Kier alpha value is -1.70. The summed E-state index contributed by atoms with van der Waals surface area (Å²) in [4.78, 5) is 15.7. The lowest BCUT2D eigenvalue weighted by Gasteiger charge is -2.19. The fourth-order valence-corrected chi connectivity index (χ4v) is 1.62. The van der Waals surface area contributed by atoms with Gasteiger partial charge in [0.1, 0.15) is 5.60 Å². The van der Waals surface area contributed by atoms with Crippen molar-refractivity contribution in [1.29, 1.82) is 0 Å². The third-order valence-corrected chi connectivity index (χ3v) is 2.58. The number of aromatic nitrogens is 1. The minimum atomic E-state index is -0.494. The first-order valence-electron chi connectivity index (χ1n) is 7.67. The Balaban J connectivity index is 2.15. The molecule has 23 heavy (non-hydrogen) atoms. The van der Waals surface area contributed by atoms with Gasteiger partial charge in [0.05, 0.1) is 32.1 Å². The summed E-state index contributed by atoms with van der Waals surface area (Å²) in [5.41, 5.74) is 6.67. The Bertz CT molecular complexity index is 457. The van der Waals surface area contributed by atoms with Crippen LogP contribution in [-0.4, -0.2) is 43.0 Å². The van der Waals surface area contributed by atoms with Crippen molar-refractivity contribution in [2.45, 2.75) is 39.6 Å². The number of alkyl carbamates (subject to hydrolysis) is 1. The molecule has 1 aromatic heterocycles. The van der Waals surface area contributed by atoms with Crippen molar-refractivity contribution < 1.29 is 19.0 Å². The lowest BCUT2D eigenvalue weighted by molar-refractivity contribution is 0.0493. The van der Waals surface area contributed by atoms with Gasteiger partial charge < -0.3 is 25.3 Å². The zero-order valence-corrected chi connectivity index (χ0v) is 14.1. The van der Waals surface area contributed by atoms with Gasteiger partial charge >= 0.3 is 6.09 Å². The van der Waals surface area contributed by atoms with Crippen molar-refractivity contribution in [3.05, 3.63) is 29.6 Å². The van der Waals surface area contributed by atoms with Gasteiger partial charge in [0.15, 0.2) is 0 Å². The highest BCUT2D eigenvalue weighted by Gasteiger charge is 2.15. The number of nitrogens with one attached hydrogen (secondary N) is 1. The van der Waals surface area contributed by atoms with E-state index in [1.807, 2.05) is 32.9 Å². The Morgan fingerprint density at radius 2 is 1.96 bits per heavy atom. The summed E-state index contributed by atoms with van der Waals surface area (Å²) in [6.45, 7) is 8.18. The smallest absolute Gasteiger partial charge is 0.407 e. The summed E-state index contributed by atoms with van der Waals surface area (Å²) in [6, 6.07) is 3.84. The van der Waals surface area contributed by atoms with Gasteiger partial charge in [-0.1, -0.05) is 6.07 Å². The molecule has 0 atom stereocenters. The molecule has 0 aliphatic heterocycles. The summed E-state index contributed by atoms with van der Waals surface area (Å²) < 4.78 is 15.9. The summed E-state index contributed by atoms with van der Waals surface area (Å²) in [7, 11) is 0. The number of nitrogens with zero attached hydrogens (tertiary/aromatic N) is 1. The van der Waals surface area contributed by atoms with E-state index in [1.165, 1.54) is 0 Å². The molecule has 0 radical (unpaired) electrons. The van der Waals surface area contributed by atoms with Crippen molar-refractivity contribution in [2.24, 2.45) is 5.73 Å². The molecule has 0 aliphatic rings. The van der Waals surface area contributed by atoms with Crippen LogP contribution in [-0.2, 0) is 27.4 Å². The van der Waals surface area contributed by atoms with Crippen LogP contribution in [0.1, 0.15) is 32.0 Å². The highest BCUT2D eigenvalue weighted by Crippen LogP contribution is 2.06. The molecule has 1 heterocycles. The maximum absolute atomic E-state index is 11.4. The highest BCUT2D eigenvalue weighted by molar-refractivity contribution is 5.67. The van der Waals surface area contributed by atoms with Crippen LogP contribution in [0.3, 0.4) is 0 Å². The largest absolute Gasteiger partial charge is 0.444 e. The molecule has 0 spiro atoms. The van der Waals surface area contributed by atoms with Crippen LogP contribution in [0.5, 0.6) is 0 Å². The van der Waals surface area contributed by atoms with E-state index < -0.39 is 11.7 Å². The van der Waals surface area contributed by atoms with Crippen LogP contribution in [0.2, 0.25) is 0 Å². The molecule has 1 amide bonds. The molecular weight excluding hydrogens is 298 g/mol. The third kappa shape index (κ3) is 9.83. The predicted molar refractivity (Wildman–Crippen MR) is 86.8 cm³/mol. The molecule has 3 N–H and O–H groups in total. The van der Waals surface area contributed by atoms with E-state index in [9.17, 15) is 4.79 Å². The van der Waals surface area contributed by atoms with E-state index in [-0.39, 0.29) is 0 Å². The van der Waals surface area contributed by atoms with E-state index in [1.54, 1.807) is 6.20 Å². The number of hydrogen-bond acceptors (Lipinski definition) is 6. The molecule has 1 rings (SSSR count). The first kappa shape index (κ1) is 19.3. The van der Waals surface area contributed by atoms with Crippen LogP contribution in [0.15, 0.2) is 18.3 Å². The van der Waals surface area contributed by atoms with E-state index in [0.717, 1.165) is 11.3 Å². The quantitative estimate of drug-likeness (QED) is 0.670. The summed E-state index contributed by atoms with van der Waals surface area (Å²) >= 11 is 0. The monoisotopic (exact) mass is 325 g/mol. The topological polar surface area (TPSA) is 95.7 Å². The van der Waals surface area contributed by atoms with Crippen LogP contribution in [0.25, 0.3) is 0 Å². The molecule has 1 aromatic rings. The summed E-state index contributed by atoms with van der Waals surface area (Å²) in [5, 5.41) is 2.63. The van der Waals surface area contributed by atoms with E-state index >= 15 is 0 Å². The second-order valence-corrected chi connectivity index (χ2v) is 5.98. The van der Waals surface area contributed by atoms with E-state index in [2.05, 4.69) is 10.3 Å². The first-order valence-corrected chi connectivity index (χ1v) is 7.67. The summed E-state index contributed by atoms with van der Waals surface area (Å²) in [5.74, 6) is 0. The lowest BCUT2D eigenvalue weighted by atomic mass is 10.2. The van der Waals surface area contributed by atoms with Crippen molar-refractivity contribution >= 4 is 6.09 Å². The molecule has 130 valence electrons. The number of hydrogen-bond donors (Lipinski definition) is 2. The van der Waals surface area contributed by atoms with Gasteiger partial charge in [-0.3, -0.25) is 4.98 Å². The van der Waals surface area contributed by atoms with Crippen LogP contribution in [0.4, 0.5) is 4.79 Å². The van der Waals surface area contributed by atoms with Crippen molar-refractivity contribution in [3.63, 3.8) is 0 Å². The third-order valence-electron chi connectivity index (χ3n) is 2.58. The number of amides is 1. The minimum Gasteiger partial charge on any atom is -0.444 e. The normalized spacial score (nSPS) is 11.3. The maximum atomic E-state index is 11.4. The highest BCUT2D eigenvalue weighted by atomic mass is 16.6. The average Bonchev–Trinajstić information content (AvgIpc) is 2.47. The molecule has 0 saturated heterocycles. The molecule has 0 unspecified atom stereocenters. The number of nitrogens with two attached hydrogens (primary N) is 1. The average molecular weight is 325 g/mol. The van der Waals surface area contributed by atoms with Crippen LogP contribution in [0, 0.1) is 0 Å². The van der Waals surface area contributed by atoms with Crippen molar-refractivity contribution in [3.8, 4) is 0 Å². The zero-order valence-electron chi connectivity index (χ0n) is 14.1. The molecule has 7 heteroatoms. The van der Waals surface area contributed by atoms with Gasteiger partial charge in [0, 0.05) is 19.3 Å². The number of carbonyl (C=O) groups is 1. The SMILES string of the molecule is CC(C)(C)OC(=O)NCCOCc1ccc(COCCN)nc1. The van der Waals surface area contributed by atoms with E-state index in [0.29, 0.717) is 39.5 Å². The molecule has 0 aliphatic carbocycles. The predicted octanol–water partition coefficient (Wildman–Crippen LogP) is 1.60. The minimum absolute atomic E-state index is 0.396. The van der Waals surface area contributed by atoms with Gasteiger partial charge in [0.25, 0.3) is 0 Å². The van der Waals surface area contributed by atoms with E-state index in [4.69, 9.17) is 19.9 Å². The molecule has 0 saturated carbocycles. The number of pyridine rings is 1. The second kappa shape index (κ2) is 10.1. The lowest BCUT2D eigenvalue weighted by Crippen LogP contribution is -2.34. The molecule has 0 fully saturated rings. The Morgan fingerprint density at radius 3 is 2.57 bits per heavy atom. The van der Waals surface area contributed by atoms with Crippen LogP contribution >= 0.6 is 0 Å². The van der Waals surface area contributed by atoms with Gasteiger partial charge in [-0.25, -0.2) is 4.79 Å². The maximum Gasteiger partial charge on any atom is 0.407 e. The summed E-state index contributed by atoms with van der Waals surface area (Å²) in [6.07, 6.45) is 1.31. The van der Waals surface area contributed by atoms with Gasteiger partial charge in [0.2, 0.25) is 0 Å². The molecule has 0 aromatic carbocycles. The first-order chi connectivity index (χ1) is 10.9. The van der Waals surface area contributed by atoms with Gasteiger partial charge in [-0.2, -0.15) is 0 Å². The number of carbonyl (C=O) groups excluding carboxylic acids is 1. The zero-order chi connectivity index (χ0) is 17.1. The van der Waals surface area contributed by atoms with Crippen molar-refractivity contribution in [1.82, 2.24) is 10.3 Å². The van der Waals surface area contributed by atoms with Gasteiger partial charge in [-0.15, -0.1) is 0 Å². The molecule has 7 nitrogen and oxygen atoms in total. The second-order valence-electron chi connectivity index (χ2n) is 5.98. The van der Waals surface area contributed by atoms with Crippen molar-refractivity contribution in [2.75, 3.05) is 26.3 Å². The fourth-order valence-electron chi connectivity index (χ4n) is 1.62. The molecular formula is C16H27N3O4. The fraction of sp³-hybridized carbons (Fsp3) is 0.625. The number of rotatable bonds is 9. The number of ether oxygens (including phenoxy) is 3. The van der Waals surface area contributed by atoms with Gasteiger partial charge in [-0.05, 0) is 32.4 Å². The standard InChI is InChI=1S/C16H27N3O4/c1-16(2,3)23-15(20)18-7-9-22-11-13-4-5-14(19-10-13)12-21-8-6-17/h4-5,10H,6-9,11-12,17H2,1-3H3,(H,18,20). The van der Waals surface area contributed by atoms with Crippen LogP contribution < -0.4 is 11.1 Å².